The minimum atomic E-state index is -4.74. The molecule has 0 saturated carbocycles. The molecule has 0 aliphatic carbocycles. The number of halogens is 3. The summed E-state index contributed by atoms with van der Waals surface area (Å²) < 4.78 is 38.5. The monoisotopic (exact) mass is 382 g/mol. The summed E-state index contributed by atoms with van der Waals surface area (Å²) in [6.07, 6.45) is -4.53. The average Bonchev–Trinajstić information content (AvgIpc) is 2.59. The summed E-state index contributed by atoms with van der Waals surface area (Å²) in [5.41, 5.74) is -1.75. The van der Waals surface area contributed by atoms with E-state index in [2.05, 4.69) is 10.3 Å². The molecular formula is C17H13F3N2O5. The highest BCUT2D eigenvalue weighted by Gasteiger charge is 2.33. The van der Waals surface area contributed by atoms with Crippen molar-refractivity contribution in [3.63, 3.8) is 0 Å². The molecule has 0 unspecified atom stereocenters. The number of hydrogen-bond donors (Lipinski definition) is 3. The Morgan fingerprint density at radius 2 is 1.67 bits per heavy atom. The van der Waals surface area contributed by atoms with Crippen molar-refractivity contribution in [3.8, 4) is 0 Å². The van der Waals surface area contributed by atoms with Gasteiger partial charge in [-0.1, -0.05) is 12.1 Å². The van der Waals surface area contributed by atoms with Crippen molar-refractivity contribution in [2.24, 2.45) is 0 Å². The van der Waals surface area contributed by atoms with E-state index >= 15 is 0 Å². The van der Waals surface area contributed by atoms with Crippen LogP contribution < -0.4 is 5.32 Å². The Morgan fingerprint density at radius 1 is 1.04 bits per heavy atom. The van der Waals surface area contributed by atoms with Crippen molar-refractivity contribution in [2.45, 2.75) is 19.1 Å². The van der Waals surface area contributed by atoms with Gasteiger partial charge in [-0.2, -0.15) is 13.2 Å². The number of pyridine rings is 1. The third kappa shape index (κ3) is 5.03. The summed E-state index contributed by atoms with van der Waals surface area (Å²) in [5, 5.41) is 20.3. The summed E-state index contributed by atoms with van der Waals surface area (Å²) in [6.45, 7) is -0.430. The molecule has 0 radical (unpaired) electrons. The van der Waals surface area contributed by atoms with Crippen molar-refractivity contribution in [2.75, 3.05) is 0 Å². The quantitative estimate of drug-likeness (QED) is 0.706. The van der Waals surface area contributed by atoms with Crippen LogP contribution in [0.5, 0.6) is 0 Å². The number of amides is 1. The Kier molecular flexibility index (Phi) is 5.78. The first kappa shape index (κ1) is 19.9. The van der Waals surface area contributed by atoms with Gasteiger partial charge in [0.1, 0.15) is 5.69 Å². The van der Waals surface area contributed by atoms with E-state index < -0.39 is 42.7 Å². The van der Waals surface area contributed by atoms with Crippen LogP contribution in [0, 0.1) is 0 Å². The summed E-state index contributed by atoms with van der Waals surface area (Å²) >= 11 is 0. The van der Waals surface area contributed by atoms with Crippen molar-refractivity contribution >= 4 is 17.8 Å². The van der Waals surface area contributed by atoms with Gasteiger partial charge in [0.2, 0.25) is 0 Å². The Labute approximate surface area is 150 Å². The Bertz CT molecular complexity index is 896. The molecule has 0 atom stereocenters. The van der Waals surface area contributed by atoms with Crippen molar-refractivity contribution in [3.05, 3.63) is 64.5 Å². The molecule has 2 rings (SSSR count). The topological polar surface area (TPSA) is 117 Å². The molecule has 10 heteroatoms. The molecule has 1 heterocycles. The van der Waals surface area contributed by atoms with Gasteiger partial charge < -0.3 is 15.5 Å². The van der Waals surface area contributed by atoms with E-state index in [1.165, 1.54) is 24.3 Å². The van der Waals surface area contributed by atoms with Crippen LogP contribution in [0.1, 0.15) is 37.5 Å². The number of rotatable bonds is 6. The van der Waals surface area contributed by atoms with Gasteiger partial charge in [-0.3, -0.25) is 14.6 Å². The first-order valence-electron chi connectivity index (χ1n) is 7.47. The molecule has 0 saturated heterocycles. The number of carboxylic acids is 2. The molecule has 1 aromatic carbocycles. The standard InChI is InChI=1S/C17H13F3N2O5/c18-17(19,20)13-5-9(10(7-21-13)6-14(23)24)8-22-15(25)11-3-1-2-4-12(11)16(26)27/h1-5,7H,6,8H2,(H,22,25)(H,23,24)(H,26,27). The summed E-state index contributed by atoms with van der Waals surface area (Å²) in [4.78, 5) is 37.5. The van der Waals surface area contributed by atoms with E-state index in [1.807, 2.05) is 0 Å². The predicted octanol–water partition coefficient (Wildman–Crippen LogP) is 2.36. The number of alkyl halides is 3. The number of aromatic nitrogens is 1. The molecule has 0 aliphatic heterocycles. The SMILES string of the molecule is O=C(O)Cc1cnc(C(F)(F)F)cc1CNC(=O)c1ccccc1C(=O)O. The lowest BCUT2D eigenvalue weighted by atomic mass is 10.0. The van der Waals surface area contributed by atoms with Gasteiger partial charge in [-0.15, -0.1) is 0 Å². The number of carbonyl (C=O) groups excluding carboxylic acids is 1. The number of carbonyl (C=O) groups is 3. The number of benzene rings is 1. The lowest BCUT2D eigenvalue weighted by molar-refractivity contribution is -0.141. The van der Waals surface area contributed by atoms with Crippen molar-refractivity contribution in [1.82, 2.24) is 10.3 Å². The highest BCUT2D eigenvalue weighted by Crippen LogP contribution is 2.28. The van der Waals surface area contributed by atoms with E-state index in [0.717, 1.165) is 6.20 Å². The number of aliphatic carboxylic acids is 1. The molecule has 2 aromatic rings. The number of aromatic carboxylic acids is 1. The Morgan fingerprint density at radius 3 is 2.22 bits per heavy atom. The van der Waals surface area contributed by atoms with E-state index in [4.69, 9.17) is 10.2 Å². The zero-order chi connectivity index (χ0) is 20.2. The van der Waals surface area contributed by atoms with Crippen LogP contribution in [-0.2, 0) is 23.9 Å². The molecule has 0 spiro atoms. The third-order valence-corrected chi connectivity index (χ3v) is 3.56. The van der Waals surface area contributed by atoms with Gasteiger partial charge in [-0.05, 0) is 29.3 Å². The molecule has 27 heavy (non-hydrogen) atoms. The first-order chi connectivity index (χ1) is 12.6. The third-order valence-electron chi connectivity index (χ3n) is 3.56. The second-order valence-electron chi connectivity index (χ2n) is 5.44. The molecule has 142 valence electrons. The molecule has 7 nitrogen and oxygen atoms in total. The van der Waals surface area contributed by atoms with E-state index in [1.54, 1.807) is 0 Å². The van der Waals surface area contributed by atoms with Gasteiger partial charge in [0.25, 0.3) is 5.91 Å². The molecule has 0 aliphatic rings. The van der Waals surface area contributed by atoms with Crippen LogP contribution in [0.15, 0.2) is 36.5 Å². The Balaban J connectivity index is 2.29. The van der Waals surface area contributed by atoms with Crippen LogP contribution in [0.4, 0.5) is 13.2 Å². The van der Waals surface area contributed by atoms with Gasteiger partial charge in [0.15, 0.2) is 0 Å². The van der Waals surface area contributed by atoms with Crippen LogP contribution in [0.3, 0.4) is 0 Å². The number of nitrogens with one attached hydrogen (secondary N) is 1. The average molecular weight is 382 g/mol. The maximum Gasteiger partial charge on any atom is 0.433 e. The second-order valence-corrected chi connectivity index (χ2v) is 5.44. The summed E-state index contributed by atoms with van der Waals surface area (Å²) in [5.74, 6) is -3.43. The maximum atomic E-state index is 12.8. The number of nitrogens with zero attached hydrogens (tertiary/aromatic N) is 1. The largest absolute Gasteiger partial charge is 0.481 e. The molecule has 0 fully saturated rings. The zero-order valence-electron chi connectivity index (χ0n) is 13.6. The minimum Gasteiger partial charge on any atom is -0.481 e. The predicted molar refractivity (Wildman–Crippen MR) is 85.2 cm³/mol. The van der Waals surface area contributed by atoms with Gasteiger partial charge in [0.05, 0.1) is 17.5 Å². The lowest BCUT2D eigenvalue weighted by Crippen LogP contribution is -2.26. The highest BCUT2D eigenvalue weighted by molar-refractivity contribution is 6.04. The zero-order valence-corrected chi connectivity index (χ0v) is 13.6. The first-order valence-corrected chi connectivity index (χ1v) is 7.47. The van der Waals surface area contributed by atoms with Crippen LogP contribution >= 0.6 is 0 Å². The van der Waals surface area contributed by atoms with Crippen LogP contribution in [-0.4, -0.2) is 33.0 Å². The van der Waals surface area contributed by atoms with E-state index in [-0.39, 0.29) is 22.3 Å². The van der Waals surface area contributed by atoms with Crippen LogP contribution in [0.2, 0.25) is 0 Å². The molecule has 1 aromatic heterocycles. The van der Waals surface area contributed by atoms with Crippen molar-refractivity contribution < 1.29 is 37.8 Å². The normalized spacial score (nSPS) is 11.1. The van der Waals surface area contributed by atoms with E-state index in [9.17, 15) is 27.6 Å². The molecular weight excluding hydrogens is 369 g/mol. The molecule has 3 N–H and O–H groups in total. The minimum absolute atomic E-state index is 0.00215. The fourth-order valence-electron chi connectivity index (χ4n) is 2.31. The number of carboxylic acid groups (broad SMARTS) is 2. The fraction of sp³-hybridized carbons (Fsp3) is 0.176. The summed E-state index contributed by atoms with van der Waals surface area (Å²) in [7, 11) is 0. The highest BCUT2D eigenvalue weighted by atomic mass is 19.4. The van der Waals surface area contributed by atoms with Crippen molar-refractivity contribution in [1.29, 1.82) is 0 Å². The fourth-order valence-corrected chi connectivity index (χ4v) is 2.31. The smallest absolute Gasteiger partial charge is 0.433 e. The van der Waals surface area contributed by atoms with E-state index in [0.29, 0.717) is 6.07 Å². The maximum absolute atomic E-state index is 12.8. The molecule has 0 bridgehead atoms. The number of hydrogen-bond acceptors (Lipinski definition) is 4. The van der Waals surface area contributed by atoms with Gasteiger partial charge in [0, 0.05) is 12.7 Å². The summed E-state index contributed by atoms with van der Waals surface area (Å²) in [6, 6.07) is 5.97. The van der Waals surface area contributed by atoms with Crippen LogP contribution in [0.25, 0.3) is 0 Å². The molecule has 1 amide bonds. The second kappa shape index (κ2) is 7.85. The van der Waals surface area contributed by atoms with Gasteiger partial charge in [-0.25, -0.2) is 4.79 Å². The lowest BCUT2D eigenvalue weighted by Gasteiger charge is -2.13. The Hall–Kier alpha value is -3.43. The van der Waals surface area contributed by atoms with Gasteiger partial charge >= 0.3 is 18.1 Å².